The van der Waals surface area contributed by atoms with Crippen LogP contribution in [0.25, 0.3) is 5.57 Å². The number of aromatic nitrogens is 2. The summed E-state index contributed by atoms with van der Waals surface area (Å²) in [5.74, 6) is 0.703. The standard InChI is InChI=1S/C19H27N3O.C2H2/c1-6-15(19-12-20-13-22(19)5)10-17(23)11-16-9-14(2)7-8-18(16)21(3)4;1-2/h6,9-10,12-13,16,18H,3,7-8,11H2,1-2,4-5H3;1-2H/p+1/b15-6+,17-10+;/t16-,18+;/m0./s1. The van der Waals surface area contributed by atoms with Gasteiger partial charge in [-0.05, 0) is 31.9 Å². The van der Waals surface area contributed by atoms with E-state index < -0.39 is 0 Å². The second kappa shape index (κ2) is 9.68. The van der Waals surface area contributed by atoms with Crippen LogP contribution in [0.1, 0.15) is 38.8 Å². The Morgan fingerprint density at radius 3 is 2.72 bits per heavy atom. The lowest BCUT2D eigenvalue weighted by Crippen LogP contribution is -2.32. The van der Waals surface area contributed by atoms with E-state index in [1.54, 1.807) is 6.33 Å². The minimum absolute atomic E-state index is 0.298. The highest BCUT2D eigenvalue weighted by molar-refractivity contribution is 5.71. The molecule has 0 radical (unpaired) electrons. The summed E-state index contributed by atoms with van der Waals surface area (Å²) in [6.07, 6.45) is 20.6. The van der Waals surface area contributed by atoms with Gasteiger partial charge < -0.3 is 9.67 Å². The zero-order valence-electron chi connectivity index (χ0n) is 15.8. The minimum atomic E-state index is 0.298. The second-order valence-corrected chi connectivity index (χ2v) is 6.51. The lowest BCUT2D eigenvalue weighted by molar-refractivity contribution is -0.538. The lowest BCUT2D eigenvalue weighted by atomic mass is 9.83. The molecule has 0 unspecified atom stereocenters. The van der Waals surface area contributed by atoms with Gasteiger partial charge in [0.25, 0.3) is 0 Å². The number of aryl methyl sites for hydroxylation is 1. The van der Waals surface area contributed by atoms with E-state index in [1.807, 2.05) is 48.5 Å². The Labute approximate surface area is 151 Å². The molecule has 0 fully saturated rings. The summed E-state index contributed by atoms with van der Waals surface area (Å²) in [7, 11) is 3.97. The van der Waals surface area contributed by atoms with Crippen molar-refractivity contribution in [2.24, 2.45) is 13.0 Å². The molecule has 0 aromatic carbocycles. The first-order chi connectivity index (χ1) is 11.9. The molecule has 0 amide bonds. The van der Waals surface area contributed by atoms with Gasteiger partial charge >= 0.3 is 0 Å². The topological polar surface area (TPSA) is 41.1 Å². The predicted octanol–water partition coefficient (Wildman–Crippen LogP) is 3.97. The fourth-order valence-electron chi connectivity index (χ4n) is 3.31. The number of imidazole rings is 1. The molecule has 2 atom stereocenters. The number of aliphatic hydroxyl groups is 1. The Hall–Kier alpha value is -2.54. The maximum absolute atomic E-state index is 10.5. The molecule has 1 aromatic rings. The molecule has 1 heterocycles. The second-order valence-electron chi connectivity index (χ2n) is 6.51. The first-order valence-electron chi connectivity index (χ1n) is 8.48. The van der Waals surface area contributed by atoms with Crippen LogP contribution < -0.4 is 0 Å². The van der Waals surface area contributed by atoms with Crippen LogP contribution in [0, 0.1) is 18.8 Å². The third-order valence-electron chi connectivity index (χ3n) is 4.58. The zero-order chi connectivity index (χ0) is 19.0. The highest BCUT2D eigenvalue weighted by Crippen LogP contribution is 2.30. The Morgan fingerprint density at radius 1 is 1.52 bits per heavy atom. The highest BCUT2D eigenvalue weighted by atomic mass is 16.3. The zero-order valence-corrected chi connectivity index (χ0v) is 15.8. The smallest absolute Gasteiger partial charge is 0.158 e. The van der Waals surface area contributed by atoms with E-state index in [2.05, 4.69) is 37.5 Å². The number of hydrogen-bond acceptors (Lipinski definition) is 2. The Balaban J connectivity index is 0.00000151. The van der Waals surface area contributed by atoms with Crippen LogP contribution in [0.5, 0.6) is 0 Å². The van der Waals surface area contributed by atoms with Crippen molar-refractivity contribution in [1.29, 1.82) is 0 Å². The molecule has 0 spiro atoms. The van der Waals surface area contributed by atoms with Crippen molar-refractivity contribution >= 4 is 12.3 Å². The van der Waals surface area contributed by atoms with Crippen LogP contribution in [0.2, 0.25) is 0 Å². The molecule has 25 heavy (non-hydrogen) atoms. The molecule has 0 bridgehead atoms. The molecule has 1 N–H and O–H groups in total. The van der Waals surface area contributed by atoms with E-state index >= 15 is 0 Å². The molecular formula is C21H30N3O+. The van der Waals surface area contributed by atoms with Crippen molar-refractivity contribution in [1.82, 2.24) is 9.55 Å². The van der Waals surface area contributed by atoms with Gasteiger partial charge in [0, 0.05) is 25.8 Å². The molecule has 0 saturated carbocycles. The first-order valence-corrected chi connectivity index (χ1v) is 8.48. The van der Waals surface area contributed by atoms with Crippen LogP contribution in [-0.2, 0) is 7.05 Å². The van der Waals surface area contributed by atoms with E-state index in [-0.39, 0.29) is 0 Å². The van der Waals surface area contributed by atoms with Gasteiger partial charge in [0.2, 0.25) is 0 Å². The summed E-state index contributed by atoms with van der Waals surface area (Å²) in [4.78, 5) is 4.15. The van der Waals surface area contributed by atoms with Gasteiger partial charge in [0.05, 0.1) is 24.0 Å². The highest BCUT2D eigenvalue weighted by Gasteiger charge is 2.30. The number of nitrogens with zero attached hydrogens (tertiary/aromatic N) is 3. The normalized spacial score (nSPS) is 21.1. The number of rotatable bonds is 5. The van der Waals surface area contributed by atoms with E-state index in [4.69, 9.17) is 0 Å². The Morgan fingerprint density at radius 2 is 2.20 bits per heavy atom. The van der Waals surface area contributed by atoms with E-state index in [1.165, 1.54) is 5.57 Å². The average Bonchev–Trinajstić information content (AvgIpc) is 3.00. The van der Waals surface area contributed by atoms with Crippen LogP contribution in [-0.4, -0.2) is 39.0 Å². The molecule has 2 rings (SSSR count). The summed E-state index contributed by atoms with van der Waals surface area (Å²) in [5.41, 5.74) is 3.39. The summed E-state index contributed by atoms with van der Waals surface area (Å²) in [6, 6.07) is 0.375. The fraction of sp³-hybridized carbons (Fsp3) is 0.429. The SMILES string of the molecule is C#C.C=[N+](C)[C@@H]1CCC(C)=C[C@H]1C/C(O)=C\C(=C/C)c1cncn1C. The van der Waals surface area contributed by atoms with E-state index in [0.29, 0.717) is 24.1 Å². The van der Waals surface area contributed by atoms with E-state index in [0.717, 1.165) is 24.1 Å². The van der Waals surface area contributed by atoms with Crippen LogP contribution in [0.15, 0.2) is 42.1 Å². The summed E-state index contributed by atoms with van der Waals surface area (Å²) in [5, 5.41) is 10.5. The van der Waals surface area contributed by atoms with Crippen molar-refractivity contribution in [2.75, 3.05) is 7.05 Å². The number of terminal acetylenes is 1. The Kier molecular flexibility index (Phi) is 7.94. The van der Waals surface area contributed by atoms with Gasteiger partial charge in [0.15, 0.2) is 6.04 Å². The van der Waals surface area contributed by atoms with Crippen LogP contribution in [0.4, 0.5) is 0 Å². The average molecular weight is 340 g/mol. The molecule has 1 aliphatic carbocycles. The maximum atomic E-state index is 10.5. The van der Waals surface area contributed by atoms with Gasteiger partial charge in [0.1, 0.15) is 13.8 Å². The summed E-state index contributed by atoms with van der Waals surface area (Å²) >= 11 is 0. The first kappa shape index (κ1) is 20.5. The molecule has 0 saturated heterocycles. The van der Waals surface area contributed by atoms with Crippen LogP contribution >= 0.6 is 0 Å². The predicted molar refractivity (Wildman–Crippen MR) is 106 cm³/mol. The molecule has 1 aliphatic rings. The third-order valence-corrected chi connectivity index (χ3v) is 4.58. The minimum Gasteiger partial charge on any atom is -0.512 e. The quantitative estimate of drug-likeness (QED) is 0.220. The van der Waals surface area contributed by atoms with Gasteiger partial charge in [-0.3, -0.25) is 0 Å². The van der Waals surface area contributed by atoms with Gasteiger partial charge in [-0.1, -0.05) is 17.7 Å². The van der Waals surface area contributed by atoms with Crippen LogP contribution in [0.3, 0.4) is 0 Å². The van der Waals surface area contributed by atoms with Crippen molar-refractivity contribution in [3.8, 4) is 12.8 Å². The van der Waals surface area contributed by atoms with Crippen molar-refractivity contribution in [3.63, 3.8) is 0 Å². The van der Waals surface area contributed by atoms with Crippen molar-refractivity contribution in [3.05, 3.63) is 47.8 Å². The number of allylic oxidation sites excluding steroid dienone is 5. The summed E-state index contributed by atoms with van der Waals surface area (Å²) in [6.45, 7) is 8.20. The van der Waals surface area contributed by atoms with Gasteiger partial charge in [-0.15, -0.1) is 12.8 Å². The molecular weight excluding hydrogens is 310 g/mol. The largest absolute Gasteiger partial charge is 0.512 e. The fourth-order valence-corrected chi connectivity index (χ4v) is 3.31. The number of hydrogen-bond donors (Lipinski definition) is 1. The molecule has 1 aromatic heterocycles. The third kappa shape index (κ3) is 5.49. The van der Waals surface area contributed by atoms with E-state index in [9.17, 15) is 5.11 Å². The molecule has 4 nitrogen and oxygen atoms in total. The Bertz CT molecular complexity index is 704. The number of aliphatic hydroxyl groups excluding tert-OH is 1. The maximum Gasteiger partial charge on any atom is 0.158 e. The van der Waals surface area contributed by atoms with Crippen molar-refractivity contribution < 1.29 is 9.68 Å². The molecule has 0 aliphatic heterocycles. The van der Waals surface area contributed by atoms with Crippen molar-refractivity contribution in [2.45, 2.75) is 39.2 Å². The summed E-state index contributed by atoms with van der Waals surface area (Å²) < 4.78 is 3.98. The lowest BCUT2D eigenvalue weighted by Gasteiger charge is -2.25. The molecule has 4 heteroatoms. The monoisotopic (exact) mass is 340 g/mol. The van der Waals surface area contributed by atoms with Gasteiger partial charge in [-0.2, -0.15) is 0 Å². The molecule has 134 valence electrons. The van der Waals surface area contributed by atoms with Gasteiger partial charge in [-0.25, -0.2) is 9.56 Å².